The van der Waals surface area contributed by atoms with Gasteiger partial charge < -0.3 is 9.84 Å². The van der Waals surface area contributed by atoms with Gasteiger partial charge in [-0.25, -0.2) is 13.2 Å². The van der Waals surface area contributed by atoms with E-state index in [9.17, 15) is 23.1 Å². The third-order valence-electron chi connectivity index (χ3n) is 4.35. The zero-order valence-corrected chi connectivity index (χ0v) is 11.1. The van der Waals surface area contributed by atoms with Gasteiger partial charge in [-0.05, 0) is 6.07 Å². The molecule has 2 atom stereocenters. The fourth-order valence-corrected chi connectivity index (χ4v) is 3.19. The number of carboxylic acids is 1. The largest absolute Gasteiger partial charge is 0.481 e. The molecule has 0 aliphatic carbocycles. The molecule has 0 spiro atoms. The third-order valence-corrected chi connectivity index (χ3v) is 4.35. The van der Waals surface area contributed by atoms with Crippen LogP contribution >= 0.6 is 0 Å². The van der Waals surface area contributed by atoms with E-state index in [1.54, 1.807) is 4.90 Å². The molecule has 21 heavy (non-hydrogen) atoms. The first-order valence-electron chi connectivity index (χ1n) is 6.59. The lowest BCUT2D eigenvalue weighted by Crippen LogP contribution is -2.38. The normalized spacial score (nSPS) is 28.8. The molecular formula is C14H14F3NO3. The van der Waals surface area contributed by atoms with Crippen LogP contribution in [0.2, 0.25) is 0 Å². The van der Waals surface area contributed by atoms with E-state index in [1.807, 2.05) is 0 Å². The van der Waals surface area contributed by atoms with Gasteiger partial charge in [-0.15, -0.1) is 0 Å². The van der Waals surface area contributed by atoms with E-state index in [-0.39, 0.29) is 31.2 Å². The Bertz CT molecular complexity index is 595. The van der Waals surface area contributed by atoms with E-state index in [0.29, 0.717) is 19.2 Å². The fraction of sp³-hybridized carbons (Fsp3) is 0.500. The van der Waals surface area contributed by atoms with Crippen molar-refractivity contribution < 1.29 is 27.8 Å². The number of carbonyl (C=O) groups is 1. The second-order valence-electron chi connectivity index (χ2n) is 5.70. The Hall–Kier alpha value is -1.60. The topological polar surface area (TPSA) is 49.8 Å². The summed E-state index contributed by atoms with van der Waals surface area (Å²) < 4.78 is 45.0. The first kappa shape index (κ1) is 14.3. The van der Waals surface area contributed by atoms with Gasteiger partial charge in [0.2, 0.25) is 0 Å². The van der Waals surface area contributed by atoms with Crippen molar-refractivity contribution in [2.75, 3.05) is 26.3 Å². The average Bonchev–Trinajstić information content (AvgIpc) is 2.93. The van der Waals surface area contributed by atoms with Crippen LogP contribution in [0.15, 0.2) is 12.1 Å². The minimum Gasteiger partial charge on any atom is -0.481 e. The Morgan fingerprint density at radius 2 is 2.05 bits per heavy atom. The van der Waals surface area contributed by atoms with E-state index in [2.05, 4.69) is 0 Å². The maximum atomic E-state index is 13.7. The molecule has 0 aromatic heterocycles. The summed E-state index contributed by atoms with van der Waals surface area (Å²) in [5, 5.41) is 9.40. The second-order valence-corrected chi connectivity index (χ2v) is 5.70. The highest BCUT2D eigenvalue weighted by Crippen LogP contribution is 2.42. The molecule has 0 radical (unpaired) electrons. The molecule has 114 valence electrons. The van der Waals surface area contributed by atoms with Gasteiger partial charge in [0.1, 0.15) is 11.2 Å². The summed E-state index contributed by atoms with van der Waals surface area (Å²) in [5.41, 5.74) is -0.954. The number of hydrogen-bond acceptors (Lipinski definition) is 3. The number of ether oxygens (including phenoxy) is 1. The number of hydrogen-bond donors (Lipinski definition) is 1. The summed E-state index contributed by atoms with van der Waals surface area (Å²) in [7, 11) is 0. The quantitative estimate of drug-likeness (QED) is 0.862. The van der Waals surface area contributed by atoms with Crippen molar-refractivity contribution in [3.05, 3.63) is 35.1 Å². The van der Waals surface area contributed by atoms with Gasteiger partial charge in [0.25, 0.3) is 0 Å². The molecule has 2 heterocycles. The van der Waals surface area contributed by atoms with Crippen molar-refractivity contribution in [2.24, 2.45) is 11.3 Å². The molecule has 1 aromatic carbocycles. The summed E-state index contributed by atoms with van der Waals surface area (Å²) in [6, 6.07) is 1.33. The van der Waals surface area contributed by atoms with Crippen molar-refractivity contribution in [1.82, 2.24) is 4.90 Å². The standard InChI is InChI=1S/C14H14F3NO3/c15-10-2-12(17)11(16)1-8(10)3-18-4-9-5-21-7-14(9,6-18)13(19)20/h1-2,9H,3-7H2,(H,19,20)/t9-,14-/m1/s1. The molecule has 0 amide bonds. The summed E-state index contributed by atoms with van der Waals surface area (Å²) in [4.78, 5) is 13.2. The molecule has 2 fully saturated rings. The molecule has 2 saturated heterocycles. The van der Waals surface area contributed by atoms with E-state index in [4.69, 9.17) is 4.74 Å². The number of likely N-dealkylation sites (tertiary alicyclic amines) is 1. The summed E-state index contributed by atoms with van der Waals surface area (Å²) in [5.74, 6) is -4.26. The van der Waals surface area contributed by atoms with Crippen LogP contribution in [0.3, 0.4) is 0 Å². The smallest absolute Gasteiger partial charge is 0.313 e. The molecule has 7 heteroatoms. The maximum Gasteiger partial charge on any atom is 0.313 e. The average molecular weight is 301 g/mol. The Morgan fingerprint density at radius 1 is 1.33 bits per heavy atom. The minimum atomic E-state index is -1.23. The Kier molecular flexibility index (Phi) is 3.41. The van der Waals surface area contributed by atoms with E-state index in [0.717, 1.165) is 6.07 Å². The second kappa shape index (κ2) is 4.99. The van der Waals surface area contributed by atoms with E-state index >= 15 is 0 Å². The van der Waals surface area contributed by atoms with Crippen LogP contribution in [0.4, 0.5) is 13.2 Å². The number of nitrogens with zero attached hydrogens (tertiary/aromatic N) is 1. The van der Waals surface area contributed by atoms with Crippen molar-refractivity contribution in [2.45, 2.75) is 6.54 Å². The third kappa shape index (κ3) is 2.30. The Morgan fingerprint density at radius 3 is 2.71 bits per heavy atom. The first-order valence-corrected chi connectivity index (χ1v) is 6.59. The monoisotopic (exact) mass is 301 g/mol. The van der Waals surface area contributed by atoms with Crippen LogP contribution in [-0.2, 0) is 16.1 Å². The highest BCUT2D eigenvalue weighted by Gasteiger charge is 2.56. The van der Waals surface area contributed by atoms with Gasteiger partial charge in [-0.3, -0.25) is 9.69 Å². The lowest BCUT2D eigenvalue weighted by Gasteiger charge is -2.22. The van der Waals surface area contributed by atoms with Gasteiger partial charge in [0.05, 0.1) is 13.2 Å². The number of benzene rings is 1. The SMILES string of the molecule is O=C(O)[C@]12COC[C@H]1CN(Cc1cc(F)c(F)cc1F)C2. The zero-order valence-electron chi connectivity index (χ0n) is 11.1. The number of aliphatic carboxylic acids is 1. The lowest BCUT2D eigenvalue weighted by atomic mass is 9.81. The van der Waals surface area contributed by atoms with Crippen molar-refractivity contribution in [3.8, 4) is 0 Å². The maximum absolute atomic E-state index is 13.7. The van der Waals surface area contributed by atoms with Crippen LogP contribution < -0.4 is 0 Å². The minimum absolute atomic E-state index is 0.0235. The number of halogens is 3. The van der Waals surface area contributed by atoms with Crippen molar-refractivity contribution >= 4 is 5.97 Å². The Labute approximate surface area is 119 Å². The molecule has 2 aliphatic rings. The first-order chi connectivity index (χ1) is 9.92. The summed E-state index contributed by atoms with van der Waals surface area (Å²) in [6.45, 7) is 1.18. The van der Waals surface area contributed by atoms with Gasteiger partial charge in [-0.2, -0.15) is 0 Å². The van der Waals surface area contributed by atoms with Crippen molar-refractivity contribution in [1.29, 1.82) is 0 Å². The summed E-state index contributed by atoms with van der Waals surface area (Å²) in [6.07, 6.45) is 0. The van der Waals surface area contributed by atoms with Gasteiger partial charge in [0, 0.05) is 37.2 Å². The highest BCUT2D eigenvalue weighted by atomic mass is 19.2. The van der Waals surface area contributed by atoms with E-state index in [1.165, 1.54) is 0 Å². The van der Waals surface area contributed by atoms with Crippen molar-refractivity contribution in [3.63, 3.8) is 0 Å². The lowest BCUT2D eigenvalue weighted by molar-refractivity contribution is -0.149. The zero-order chi connectivity index (χ0) is 15.2. The highest BCUT2D eigenvalue weighted by molar-refractivity contribution is 5.76. The summed E-state index contributed by atoms with van der Waals surface area (Å²) >= 11 is 0. The van der Waals surface area contributed by atoms with Gasteiger partial charge in [-0.1, -0.05) is 0 Å². The number of rotatable bonds is 3. The van der Waals surface area contributed by atoms with Gasteiger partial charge >= 0.3 is 5.97 Å². The molecule has 1 aromatic rings. The van der Waals surface area contributed by atoms with Crippen LogP contribution in [0.25, 0.3) is 0 Å². The molecule has 0 bridgehead atoms. The molecule has 2 aliphatic heterocycles. The molecule has 3 rings (SSSR count). The van der Waals surface area contributed by atoms with E-state index < -0.39 is 28.8 Å². The predicted molar refractivity (Wildman–Crippen MR) is 66.0 cm³/mol. The molecule has 4 nitrogen and oxygen atoms in total. The number of carboxylic acid groups (broad SMARTS) is 1. The fourth-order valence-electron chi connectivity index (χ4n) is 3.19. The Balaban J connectivity index is 1.79. The molecule has 1 N–H and O–H groups in total. The number of fused-ring (bicyclic) bond motifs is 1. The van der Waals surface area contributed by atoms with Gasteiger partial charge in [0.15, 0.2) is 11.6 Å². The molecular weight excluding hydrogens is 287 g/mol. The molecule has 0 unspecified atom stereocenters. The predicted octanol–water partition coefficient (Wildman–Crippen LogP) is 1.64. The van der Waals surface area contributed by atoms with Crippen LogP contribution in [0.5, 0.6) is 0 Å². The van der Waals surface area contributed by atoms with Crippen LogP contribution in [0.1, 0.15) is 5.56 Å². The van der Waals surface area contributed by atoms with Crippen LogP contribution in [-0.4, -0.2) is 42.3 Å². The van der Waals surface area contributed by atoms with Crippen LogP contribution in [0, 0.1) is 28.8 Å². The molecule has 0 saturated carbocycles.